The van der Waals surface area contributed by atoms with Crippen molar-refractivity contribution in [3.63, 3.8) is 0 Å². The number of sulfonamides is 1. The number of hydrogen-bond acceptors (Lipinski definition) is 5. The highest BCUT2D eigenvalue weighted by molar-refractivity contribution is 7.89. The Morgan fingerprint density at radius 3 is 2.52 bits per heavy atom. The highest BCUT2D eigenvalue weighted by atomic mass is 32.2. The molecule has 3 N–H and O–H groups in total. The van der Waals surface area contributed by atoms with Gasteiger partial charge in [0, 0.05) is 11.2 Å². The molecule has 1 aromatic rings. The maximum Gasteiger partial charge on any atom is 0.339 e. The SMILES string of the molecule is CCCC(C)(C)NS(=O)(=O)c1cc(N)ccc1C(=O)OC. The van der Waals surface area contributed by atoms with Crippen molar-refractivity contribution < 1.29 is 17.9 Å². The fourth-order valence-electron chi connectivity index (χ4n) is 2.13. The molecule has 0 aliphatic carbocycles. The molecular weight excluding hydrogens is 292 g/mol. The van der Waals surface area contributed by atoms with Crippen molar-refractivity contribution in [2.24, 2.45) is 0 Å². The van der Waals surface area contributed by atoms with E-state index in [4.69, 9.17) is 5.73 Å². The molecule has 6 nitrogen and oxygen atoms in total. The maximum absolute atomic E-state index is 12.5. The van der Waals surface area contributed by atoms with Crippen molar-refractivity contribution in [2.75, 3.05) is 12.8 Å². The van der Waals surface area contributed by atoms with E-state index in [0.717, 1.165) is 6.42 Å². The number of nitrogens with one attached hydrogen (secondary N) is 1. The van der Waals surface area contributed by atoms with Gasteiger partial charge in [-0.3, -0.25) is 0 Å². The number of nitrogen functional groups attached to an aromatic ring is 1. The lowest BCUT2D eigenvalue weighted by Crippen LogP contribution is -2.43. The summed E-state index contributed by atoms with van der Waals surface area (Å²) >= 11 is 0. The number of rotatable bonds is 6. The molecule has 21 heavy (non-hydrogen) atoms. The number of carbonyl (C=O) groups is 1. The van der Waals surface area contributed by atoms with E-state index < -0.39 is 21.5 Å². The molecule has 0 aromatic heterocycles. The summed E-state index contributed by atoms with van der Waals surface area (Å²) in [5.41, 5.74) is 5.25. The van der Waals surface area contributed by atoms with E-state index in [0.29, 0.717) is 6.42 Å². The van der Waals surface area contributed by atoms with Crippen LogP contribution in [0.15, 0.2) is 23.1 Å². The average molecular weight is 314 g/mol. The molecule has 0 aliphatic heterocycles. The topological polar surface area (TPSA) is 98.5 Å². The summed E-state index contributed by atoms with van der Waals surface area (Å²) in [6.45, 7) is 5.55. The Labute approximate surface area is 125 Å². The minimum absolute atomic E-state index is 0.0356. The van der Waals surface area contributed by atoms with Gasteiger partial charge in [-0.2, -0.15) is 0 Å². The first-order valence-electron chi connectivity index (χ1n) is 6.65. The second-order valence-electron chi connectivity index (χ2n) is 5.49. The van der Waals surface area contributed by atoms with Crippen molar-refractivity contribution in [3.05, 3.63) is 23.8 Å². The van der Waals surface area contributed by atoms with Gasteiger partial charge in [0.2, 0.25) is 10.0 Å². The summed E-state index contributed by atoms with van der Waals surface area (Å²) in [6, 6.07) is 4.07. The molecule has 0 atom stereocenters. The average Bonchev–Trinajstić information content (AvgIpc) is 2.36. The summed E-state index contributed by atoms with van der Waals surface area (Å²) in [6.07, 6.45) is 1.50. The van der Waals surface area contributed by atoms with Gasteiger partial charge in [-0.05, 0) is 38.5 Å². The molecule has 0 fully saturated rings. The fourth-order valence-corrected chi connectivity index (χ4v) is 3.81. The van der Waals surface area contributed by atoms with Crippen LogP contribution >= 0.6 is 0 Å². The molecule has 0 radical (unpaired) electrons. The van der Waals surface area contributed by atoms with E-state index in [1.165, 1.54) is 25.3 Å². The van der Waals surface area contributed by atoms with Crippen molar-refractivity contribution in [1.29, 1.82) is 0 Å². The van der Waals surface area contributed by atoms with Crippen LogP contribution in [0.2, 0.25) is 0 Å². The van der Waals surface area contributed by atoms with Gasteiger partial charge >= 0.3 is 5.97 Å². The van der Waals surface area contributed by atoms with Crippen LogP contribution in [0.5, 0.6) is 0 Å². The predicted molar refractivity (Wildman–Crippen MR) is 81.5 cm³/mol. The van der Waals surface area contributed by atoms with Gasteiger partial charge in [-0.25, -0.2) is 17.9 Å². The van der Waals surface area contributed by atoms with E-state index in [2.05, 4.69) is 9.46 Å². The van der Waals surface area contributed by atoms with Gasteiger partial charge in [-0.15, -0.1) is 0 Å². The Morgan fingerprint density at radius 1 is 1.38 bits per heavy atom. The first kappa shape index (κ1) is 17.5. The Bertz CT molecular complexity index is 624. The van der Waals surface area contributed by atoms with Gasteiger partial charge in [0.25, 0.3) is 0 Å². The first-order valence-corrected chi connectivity index (χ1v) is 8.13. The summed E-state index contributed by atoms with van der Waals surface area (Å²) in [4.78, 5) is 11.6. The lowest BCUT2D eigenvalue weighted by molar-refractivity contribution is 0.0596. The van der Waals surface area contributed by atoms with Crippen LogP contribution in [0.25, 0.3) is 0 Å². The molecule has 118 valence electrons. The monoisotopic (exact) mass is 314 g/mol. The molecule has 0 saturated heterocycles. The van der Waals surface area contributed by atoms with Crippen molar-refractivity contribution >= 4 is 21.7 Å². The van der Waals surface area contributed by atoms with Crippen LogP contribution in [0.4, 0.5) is 5.69 Å². The number of hydrogen-bond donors (Lipinski definition) is 2. The number of esters is 1. The minimum atomic E-state index is -3.88. The first-order chi connectivity index (χ1) is 9.63. The summed E-state index contributed by atoms with van der Waals surface area (Å²) in [7, 11) is -2.68. The number of benzene rings is 1. The molecule has 1 rings (SSSR count). The van der Waals surface area contributed by atoms with Crippen LogP contribution in [0.3, 0.4) is 0 Å². The van der Waals surface area contributed by atoms with Crippen LogP contribution in [-0.4, -0.2) is 27.0 Å². The number of methoxy groups -OCH3 is 1. The van der Waals surface area contributed by atoms with Gasteiger partial charge in [0.1, 0.15) is 0 Å². The van der Waals surface area contributed by atoms with Crippen molar-refractivity contribution in [1.82, 2.24) is 4.72 Å². The number of nitrogens with two attached hydrogens (primary N) is 1. The lowest BCUT2D eigenvalue weighted by atomic mass is 10.0. The molecule has 0 aliphatic rings. The van der Waals surface area contributed by atoms with Crippen molar-refractivity contribution in [3.8, 4) is 0 Å². The van der Waals surface area contributed by atoms with Crippen molar-refractivity contribution in [2.45, 2.75) is 44.0 Å². The van der Waals surface area contributed by atoms with Gasteiger partial charge < -0.3 is 10.5 Å². The van der Waals surface area contributed by atoms with Gasteiger partial charge in [0.05, 0.1) is 17.6 Å². The van der Waals surface area contributed by atoms with E-state index >= 15 is 0 Å². The third-order valence-corrected chi connectivity index (χ3v) is 4.72. The molecule has 0 saturated carbocycles. The predicted octanol–water partition coefficient (Wildman–Crippen LogP) is 1.91. The summed E-state index contributed by atoms with van der Waals surface area (Å²) < 4.78 is 32.3. The van der Waals surface area contributed by atoms with E-state index in [1.807, 2.05) is 6.92 Å². The standard InChI is InChI=1S/C14H22N2O4S/c1-5-8-14(2,3)16-21(18,19)12-9-10(15)6-7-11(12)13(17)20-4/h6-7,9,16H,5,8,15H2,1-4H3. The van der Waals surface area contributed by atoms with Crippen LogP contribution in [0.1, 0.15) is 44.0 Å². The lowest BCUT2D eigenvalue weighted by Gasteiger charge is -2.26. The Morgan fingerprint density at radius 2 is 2.00 bits per heavy atom. The molecule has 1 aromatic carbocycles. The molecule has 0 amide bonds. The Kier molecular flexibility index (Phi) is 5.36. The van der Waals surface area contributed by atoms with Crippen LogP contribution in [-0.2, 0) is 14.8 Å². The molecule has 0 unspecified atom stereocenters. The number of anilines is 1. The quantitative estimate of drug-likeness (QED) is 0.617. The number of carbonyl (C=O) groups excluding carboxylic acids is 1. The Hall–Kier alpha value is -1.60. The van der Waals surface area contributed by atoms with Gasteiger partial charge in [0.15, 0.2) is 0 Å². The highest BCUT2D eigenvalue weighted by Gasteiger charge is 2.29. The smallest absolute Gasteiger partial charge is 0.339 e. The fraction of sp³-hybridized carbons (Fsp3) is 0.500. The minimum Gasteiger partial charge on any atom is -0.465 e. The van der Waals surface area contributed by atoms with Crippen LogP contribution < -0.4 is 10.5 Å². The zero-order valence-corrected chi connectivity index (χ0v) is 13.6. The molecule has 0 spiro atoms. The second-order valence-corrected chi connectivity index (χ2v) is 7.14. The van der Waals surface area contributed by atoms with E-state index in [-0.39, 0.29) is 16.1 Å². The molecule has 0 heterocycles. The molecule has 0 bridgehead atoms. The van der Waals surface area contributed by atoms with E-state index in [9.17, 15) is 13.2 Å². The zero-order chi connectivity index (χ0) is 16.3. The zero-order valence-electron chi connectivity index (χ0n) is 12.8. The molecule has 7 heteroatoms. The Balaban J connectivity index is 3.31. The summed E-state index contributed by atoms with van der Waals surface area (Å²) in [5.74, 6) is -0.719. The third-order valence-electron chi connectivity index (χ3n) is 2.99. The molecular formula is C14H22N2O4S. The van der Waals surface area contributed by atoms with Crippen LogP contribution in [0, 0.1) is 0 Å². The van der Waals surface area contributed by atoms with E-state index in [1.54, 1.807) is 13.8 Å². The highest BCUT2D eigenvalue weighted by Crippen LogP contribution is 2.23. The summed E-state index contributed by atoms with van der Waals surface area (Å²) in [5, 5.41) is 0. The maximum atomic E-state index is 12.5. The normalized spacial score (nSPS) is 12.2. The second kappa shape index (κ2) is 6.44. The largest absolute Gasteiger partial charge is 0.465 e. The van der Waals surface area contributed by atoms with Gasteiger partial charge in [-0.1, -0.05) is 13.3 Å². The third kappa shape index (κ3) is 4.44. The number of ether oxygens (including phenoxy) is 1.